The SMILES string of the molecule is C[C@]12CC[C@@H](O)CC1=CC[C@@H]1[C@H]3CC[C@@]4(CO4)[C@@]3(C)CC[C@@H]12. The lowest BCUT2D eigenvalue weighted by Crippen LogP contribution is -2.51. The Kier molecular flexibility index (Phi) is 2.67. The molecule has 0 amide bonds. The van der Waals surface area contributed by atoms with E-state index in [0.717, 1.165) is 37.2 Å². The number of epoxide rings is 1. The van der Waals surface area contributed by atoms with Gasteiger partial charge >= 0.3 is 0 Å². The Bertz CT molecular complexity index is 534. The molecule has 0 unspecified atom stereocenters. The molecule has 1 aliphatic heterocycles. The van der Waals surface area contributed by atoms with Gasteiger partial charge in [0.25, 0.3) is 0 Å². The van der Waals surface area contributed by atoms with Crippen molar-refractivity contribution < 1.29 is 9.84 Å². The van der Waals surface area contributed by atoms with Crippen molar-refractivity contribution in [3.05, 3.63) is 11.6 Å². The number of rotatable bonds is 0. The molecule has 0 aromatic carbocycles. The van der Waals surface area contributed by atoms with E-state index in [9.17, 15) is 5.11 Å². The average Bonchev–Trinajstić information content (AvgIpc) is 3.22. The lowest BCUT2D eigenvalue weighted by Gasteiger charge is -2.57. The van der Waals surface area contributed by atoms with Crippen molar-refractivity contribution in [1.29, 1.82) is 0 Å². The number of ether oxygens (including phenoxy) is 1. The van der Waals surface area contributed by atoms with Crippen LogP contribution >= 0.6 is 0 Å². The quantitative estimate of drug-likeness (QED) is 0.540. The number of hydrogen-bond donors (Lipinski definition) is 1. The third kappa shape index (κ3) is 1.54. The van der Waals surface area contributed by atoms with Crippen LogP contribution in [0.5, 0.6) is 0 Å². The predicted molar refractivity (Wildman–Crippen MR) is 86.4 cm³/mol. The molecule has 1 saturated heterocycles. The third-order valence-electron chi connectivity index (χ3n) is 8.86. The van der Waals surface area contributed by atoms with Gasteiger partial charge in [-0.15, -0.1) is 0 Å². The van der Waals surface area contributed by atoms with Gasteiger partial charge in [-0.3, -0.25) is 0 Å². The van der Waals surface area contributed by atoms with Crippen molar-refractivity contribution in [2.45, 2.75) is 76.9 Å². The molecule has 4 aliphatic carbocycles. The zero-order chi connectivity index (χ0) is 15.2. The first kappa shape index (κ1) is 14.0. The zero-order valence-corrected chi connectivity index (χ0v) is 14.1. The van der Waals surface area contributed by atoms with Crippen LogP contribution in [0.3, 0.4) is 0 Å². The first-order valence-electron chi connectivity index (χ1n) is 9.50. The molecule has 122 valence electrons. The van der Waals surface area contributed by atoms with E-state index >= 15 is 0 Å². The largest absolute Gasteiger partial charge is 0.393 e. The molecular weight excluding hydrogens is 272 g/mol. The average molecular weight is 302 g/mol. The number of fused-ring (bicyclic) bond motifs is 6. The number of allylic oxidation sites excluding steroid dienone is 1. The molecule has 0 aromatic rings. The third-order valence-corrected chi connectivity index (χ3v) is 8.86. The summed E-state index contributed by atoms with van der Waals surface area (Å²) >= 11 is 0. The molecule has 2 nitrogen and oxygen atoms in total. The summed E-state index contributed by atoms with van der Waals surface area (Å²) in [7, 11) is 0. The predicted octanol–water partition coefficient (Wildman–Crippen LogP) is 4.08. The van der Waals surface area contributed by atoms with Gasteiger partial charge in [-0.25, -0.2) is 0 Å². The van der Waals surface area contributed by atoms with Gasteiger partial charge in [0.2, 0.25) is 0 Å². The van der Waals surface area contributed by atoms with E-state index in [1.54, 1.807) is 5.57 Å². The van der Waals surface area contributed by atoms with E-state index < -0.39 is 0 Å². The first-order chi connectivity index (χ1) is 10.5. The molecule has 1 spiro atoms. The van der Waals surface area contributed by atoms with E-state index in [1.807, 2.05) is 0 Å². The van der Waals surface area contributed by atoms with Gasteiger partial charge in [0.1, 0.15) is 0 Å². The maximum absolute atomic E-state index is 10.1. The Morgan fingerprint density at radius 3 is 2.64 bits per heavy atom. The Hall–Kier alpha value is -0.340. The Balaban J connectivity index is 1.51. The summed E-state index contributed by atoms with van der Waals surface area (Å²) < 4.78 is 6.01. The number of aliphatic hydroxyl groups excluding tert-OH is 1. The van der Waals surface area contributed by atoms with Gasteiger partial charge in [-0.05, 0) is 74.5 Å². The zero-order valence-electron chi connectivity index (χ0n) is 14.1. The van der Waals surface area contributed by atoms with Gasteiger partial charge < -0.3 is 9.84 Å². The van der Waals surface area contributed by atoms with Crippen LogP contribution < -0.4 is 0 Å². The van der Waals surface area contributed by atoms with Crippen LogP contribution in [0.1, 0.15) is 65.2 Å². The maximum Gasteiger partial charge on any atom is 0.0972 e. The summed E-state index contributed by atoms with van der Waals surface area (Å²) in [5.74, 6) is 2.59. The van der Waals surface area contributed by atoms with Crippen molar-refractivity contribution in [1.82, 2.24) is 0 Å². The van der Waals surface area contributed by atoms with Gasteiger partial charge in [-0.1, -0.05) is 25.5 Å². The van der Waals surface area contributed by atoms with Gasteiger partial charge in [0.15, 0.2) is 0 Å². The van der Waals surface area contributed by atoms with Crippen LogP contribution in [0.2, 0.25) is 0 Å². The van der Waals surface area contributed by atoms with Crippen molar-refractivity contribution in [3.8, 4) is 0 Å². The van der Waals surface area contributed by atoms with Crippen molar-refractivity contribution >= 4 is 0 Å². The van der Waals surface area contributed by atoms with E-state index in [2.05, 4.69) is 19.9 Å². The van der Waals surface area contributed by atoms with Crippen molar-refractivity contribution in [3.63, 3.8) is 0 Å². The molecule has 0 aromatic heterocycles. The molecule has 5 aliphatic rings. The Morgan fingerprint density at radius 1 is 1.09 bits per heavy atom. The summed E-state index contributed by atoms with van der Waals surface area (Å²) in [5, 5.41) is 10.1. The second kappa shape index (κ2) is 4.19. The summed E-state index contributed by atoms with van der Waals surface area (Å²) in [6.07, 6.45) is 12.3. The first-order valence-corrected chi connectivity index (χ1v) is 9.50. The van der Waals surface area contributed by atoms with E-state index in [-0.39, 0.29) is 11.7 Å². The van der Waals surface area contributed by atoms with Crippen molar-refractivity contribution in [2.24, 2.45) is 28.6 Å². The van der Waals surface area contributed by atoms with E-state index in [1.165, 1.54) is 38.5 Å². The molecule has 4 fully saturated rings. The standard InChI is InChI=1S/C20H30O2/c1-18-8-5-14(21)11-13(18)3-4-15-16(18)6-9-19(2)17(15)7-10-20(19)12-22-20/h3,14-17,21H,4-12H2,1-2H3/t14-,15+,16+,17-,18+,19+,20-/m1/s1. The molecule has 1 heterocycles. The molecule has 5 rings (SSSR count). The molecule has 22 heavy (non-hydrogen) atoms. The second-order valence-electron chi connectivity index (χ2n) is 9.43. The fourth-order valence-electron chi connectivity index (χ4n) is 7.30. The van der Waals surface area contributed by atoms with Crippen LogP contribution in [0.15, 0.2) is 11.6 Å². The molecule has 7 atom stereocenters. The van der Waals surface area contributed by atoms with Gasteiger partial charge in [0.05, 0.1) is 18.3 Å². The number of hydrogen-bond acceptors (Lipinski definition) is 2. The fourth-order valence-corrected chi connectivity index (χ4v) is 7.30. The normalized spacial score (nSPS) is 59.5. The summed E-state index contributed by atoms with van der Waals surface area (Å²) in [6.45, 7) is 6.09. The van der Waals surface area contributed by atoms with E-state index in [4.69, 9.17) is 4.74 Å². The second-order valence-corrected chi connectivity index (χ2v) is 9.43. The van der Waals surface area contributed by atoms with Crippen LogP contribution in [-0.2, 0) is 4.74 Å². The molecule has 1 N–H and O–H groups in total. The highest BCUT2D eigenvalue weighted by atomic mass is 16.6. The molecular formula is C20H30O2. The van der Waals surface area contributed by atoms with Crippen LogP contribution in [-0.4, -0.2) is 23.4 Å². The highest BCUT2D eigenvalue weighted by Gasteiger charge is 2.69. The van der Waals surface area contributed by atoms with Crippen LogP contribution in [0.4, 0.5) is 0 Å². The summed E-state index contributed by atoms with van der Waals surface area (Å²) in [4.78, 5) is 0. The van der Waals surface area contributed by atoms with Gasteiger partial charge in [0, 0.05) is 5.41 Å². The highest BCUT2D eigenvalue weighted by molar-refractivity contribution is 5.27. The lowest BCUT2D eigenvalue weighted by molar-refractivity contribution is -0.0556. The molecule has 0 radical (unpaired) electrons. The summed E-state index contributed by atoms with van der Waals surface area (Å²) in [5.41, 5.74) is 2.69. The minimum Gasteiger partial charge on any atom is -0.393 e. The topological polar surface area (TPSA) is 32.8 Å². The minimum atomic E-state index is -0.0839. The van der Waals surface area contributed by atoms with Crippen LogP contribution in [0.25, 0.3) is 0 Å². The summed E-state index contributed by atoms with van der Waals surface area (Å²) in [6, 6.07) is 0. The molecule has 2 heteroatoms. The fraction of sp³-hybridized carbons (Fsp3) is 0.900. The van der Waals surface area contributed by atoms with E-state index in [0.29, 0.717) is 10.8 Å². The van der Waals surface area contributed by atoms with Crippen LogP contribution in [0, 0.1) is 28.6 Å². The minimum absolute atomic E-state index is 0.0839. The maximum atomic E-state index is 10.1. The monoisotopic (exact) mass is 302 g/mol. The van der Waals surface area contributed by atoms with Gasteiger partial charge in [-0.2, -0.15) is 0 Å². The molecule has 3 saturated carbocycles. The highest BCUT2D eigenvalue weighted by Crippen LogP contribution is 2.70. The Labute approximate surface area is 134 Å². The molecule has 0 bridgehead atoms. The smallest absolute Gasteiger partial charge is 0.0972 e. The Morgan fingerprint density at radius 2 is 1.86 bits per heavy atom. The number of aliphatic hydroxyl groups is 1. The lowest BCUT2D eigenvalue weighted by atomic mass is 9.47. The van der Waals surface area contributed by atoms with Crippen molar-refractivity contribution in [2.75, 3.05) is 6.61 Å².